The summed E-state index contributed by atoms with van der Waals surface area (Å²) in [6.07, 6.45) is 5.84. The Balaban J connectivity index is 2.42. The van der Waals surface area contributed by atoms with Crippen molar-refractivity contribution in [1.29, 1.82) is 0 Å². The van der Waals surface area contributed by atoms with E-state index in [1.54, 1.807) is 0 Å². The third-order valence-corrected chi connectivity index (χ3v) is 4.54. The van der Waals surface area contributed by atoms with Gasteiger partial charge in [0.2, 0.25) is 0 Å². The Morgan fingerprint density at radius 1 is 1.47 bits per heavy atom. The predicted molar refractivity (Wildman–Crippen MR) is 65.7 cm³/mol. The van der Waals surface area contributed by atoms with Crippen LogP contribution >= 0.6 is 0 Å². The fourth-order valence-corrected chi connectivity index (χ4v) is 2.38. The lowest BCUT2D eigenvalue weighted by atomic mass is 9.74. The molecule has 0 unspecified atom stereocenters. The van der Waals surface area contributed by atoms with Crippen LogP contribution in [0.2, 0.25) is 0 Å². The summed E-state index contributed by atoms with van der Waals surface area (Å²) in [7, 11) is 0. The first kappa shape index (κ1) is 12.8. The van der Waals surface area contributed by atoms with E-state index in [0.717, 1.165) is 12.3 Å². The molecule has 0 heterocycles. The molecule has 88 valence electrons. The van der Waals surface area contributed by atoms with Crippen LogP contribution in [0, 0.1) is 17.3 Å². The van der Waals surface area contributed by atoms with Gasteiger partial charge in [0.15, 0.2) is 0 Å². The van der Waals surface area contributed by atoms with Crippen LogP contribution in [0.1, 0.15) is 53.9 Å². The van der Waals surface area contributed by atoms with Crippen molar-refractivity contribution in [1.82, 2.24) is 0 Å². The molecule has 1 aliphatic carbocycles. The van der Waals surface area contributed by atoms with Crippen LogP contribution in [0.5, 0.6) is 0 Å². The summed E-state index contributed by atoms with van der Waals surface area (Å²) in [5, 5.41) is 9.46. The van der Waals surface area contributed by atoms with Crippen molar-refractivity contribution in [2.45, 2.75) is 60.0 Å². The van der Waals surface area contributed by atoms with E-state index < -0.39 is 0 Å². The van der Waals surface area contributed by atoms with Gasteiger partial charge in [0.1, 0.15) is 0 Å². The smallest absolute Gasteiger partial charge is 0.0537 e. The SMILES string of the molecule is CC1=CC[C@@H](CC[C@H](C)[C@@H](C)O)C1(C)C. The summed E-state index contributed by atoms with van der Waals surface area (Å²) in [6.45, 7) is 11.0. The zero-order valence-electron chi connectivity index (χ0n) is 10.9. The van der Waals surface area contributed by atoms with Crippen LogP contribution in [0.15, 0.2) is 11.6 Å². The van der Waals surface area contributed by atoms with Crippen LogP contribution in [-0.4, -0.2) is 11.2 Å². The fourth-order valence-electron chi connectivity index (χ4n) is 2.38. The Morgan fingerprint density at radius 2 is 2.07 bits per heavy atom. The van der Waals surface area contributed by atoms with Gasteiger partial charge in [-0.15, -0.1) is 0 Å². The lowest BCUT2D eigenvalue weighted by molar-refractivity contribution is 0.120. The molecule has 1 N–H and O–H groups in total. The average Bonchev–Trinajstić information content (AvgIpc) is 2.39. The first-order valence-electron chi connectivity index (χ1n) is 6.21. The van der Waals surface area contributed by atoms with Crippen molar-refractivity contribution in [3.63, 3.8) is 0 Å². The van der Waals surface area contributed by atoms with Gasteiger partial charge in [-0.05, 0) is 50.4 Å². The van der Waals surface area contributed by atoms with Crippen LogP contribution in [-0.2, 0) is 0 Å². The van der Waals surface area contributed by atoms with Crippen LogP contribution in [0.3, 0.4) is 0 Å². The summed E-state index contributed by atoms with van der Waals surface area (Å²) in [4.78, 5) is 0. The monoisotopic (exact) mass is 210 g/mol. The Bertz CT molecular complexity index is 238. The van der Waals surface area contributed by atoms with Crippen molar-refractivity contribution in [3.8, 4) is 0 Å². The van der Waals surface area contributed by atoms with Crippen molar-refractivity contribution in [2.24, 2.45) is 17.3 Å². The number of aliphatic hydroxyl groups is 1. The summed E-state index contributed by atoms with van der Waals surface area (Å²) in [5.74, 6) is 1.21. The summed E-state index contributed by atoms with van der Waals surface area (Å²) < 4.78 is 0. The highest BCUT2D eigenvalue weighted by atomic mass is 16.3. The Morgan fingerprint density at radius 3 is 2.47 bits per heavy atom. The van der Waals surface area contributed by atoms with Crippen molar-refractivity contribution < 1.29 is 5.11 Å². The molecule has 0 aromatic heterocycles. The predicted octanol–water partition coefficient (Wildman–Crippen LogP) is 3.78. The summed E-state index contributed by atoms with van der Waals surface area (Å²) in [5.41, 5.74) is 1.91. The fraction of sp³-hybridized carbons (Fsp3) is 0.857. The van der Waals surface area contributed by atoms with E-state index >= 15 is 0 Å². The number of allylic oxidation sites excluding steroid dienone is 2. The number of rotatable bonds is 4. The van der Waals surface area contributed by atoms with E-state index in [4.69, 9.17) is 0 Å². The van der Waals surface area contributed by atoms with Crippen LogP contribution in [0.4, 0.5) is 0 Å². The molecule has 1 heteroatoms. The standard InChI is InChI=1S/C14H26O/c1-10(12(3)15)6-8-13-9-7-11(2)14(13,4)5/h7,10,12-13,15H,6,8-9H2,1-5H3/t10-,12+,13+/m0/s1. The highest BCUT2D eigenvalue weighted by molar-refractivity contribution is 5.18. The van der Waals surface area contributed by atoms with E-state index in [2.05, 4.69) is 33.8 Å². The maximum Gasteiger partial charge on any atom is 0.0537 e. The van der Waals surface area contributed by atoms with Gasteiger partial charge in [0.25, 0.3) is 0 Å². The lowest BCUT2D eigenvalue weighted by Gasteiger charge is -2.30. The van der Waals surface area contributed by atoms with E-state index in [1.165, 1.54) is 18.4 Å². The van der Waals surface area contributed by atoms with Gasteiger partial charge < -0.3 is 5.11 Å². The number of hydrogen-bond donors (Lipinski definition) is 1. The second-order valence-electron chi connectivity index (χ2n) is 5.84. The Kier molecular flexibility index (Phi) is 3.99. The van der Waals surface area contributed by atoms with Gasteiger partial charge in [0, 0.05) is 0 Å². The molecule has 0 aromatic rings. The van der Waals surface area contributed by atoms with Crippen LogP contribution in [0.25, 0.3) is 0 Å². The number of hydrogen-bond acceptors (Lipinski definition) is 1. The van der Waals surface area contributed by atoms with Crippen molar-refractivity contribution in [3.05, 3.63) is 11.6 Å². The van der Waals surface area contributed by atoms with Gasteiger partial charge in [-0.2, -0.15) is 0 Å². The molecule has 1 aliphatic rings. The third kappa shape index (κ3) is 2.84. The normalized spacial score (nSPS) is 28.7. The molecular weight excluding hydrogens is 184 g/mol. The van der Waals surface area contributed by atoms with Gasteiger partial charge in [-0.3, -0.25) is 0 Å². The van der Waals surface area contributed by atoms with Gasteiger partial charge in [0.05, 0.1) is 6.10 Å². The zero-order chi connectivity index (χ0) is 11.6. The highest BCUT2D eigenvalue weighted by Crippen LogP contribution is 2.45. The minimum atomic E-state index is -0.163. The Labute approximate surface area is 94.6 Å². The van der Waals surface area contributed by atoms with Crippen molar-refractivity contribution >= 4 is 0 Å². The van der Waals surface area contributed by atoms with Crippen LogP contribution < -0.4 is 0 Å². The molecule has 1 rings (SSSR count). The second kappa shape index (κ2) is 4.69. The molecule has 0 amide bonds. The average molecular weight is 210 g/mol. The van der Waals surface area contributed by atoms with E-state index in [-0.39, 0.29) is 6.10 Å². The minimum Gasteiger partial charge on any atom is -0.393 e. The number of aliphatic hydroxyl groups excluding tert-OH is 1. The maximum absolute atomic E-state index is 9.46. The maximum atomic E-state index is 9.46. The molecule has 0 aliphatic heterocycles. The molecule has 0 bridgehead atoms. The molecule has 0 aromatic carbocycles. The molecule has 0 saturated heterocycles. The molecule has 3 atom stereocenters. The molecular formula is C14H26O. The zero-order valence-corrected chi connectivity index (χ0v) is 10.9. The molecule has 0 radical (unpaired) electrons. The third-order valence-electron chi connectivity index (χ3n) is 4.54. The minimum absolute atomic E-state index is 0.163. The Hall–Kier alpha value is -0.300. The molecule has 0 fully saturated rings. The topological polar surface area (TPSA) is 20.2 Å². The van der Waals surface area contributed by atoms with E-state index in [0.29, 0.717) is 11.3 Å². The summed E-state index contributed by atoms with van der Waals surface area (Å²) >= 11 is 0. The lowest BCUT2D eigenvalue weighted by Crippen LogP contribution is -2.22. The molecule has 0 spiro atoms. The molecule has 1 nitrogen and oxygen atoms in total. The van der Waals surface area contributed by atoms with Gasteiger partial charge in [-0.1, -0.05) is 32.4 Å². The summed E-state index contributed by atoms with van der Waals surface area (Å²) in [6, 6.07) is 0. The van der Waals surface area contributed by atoms with E-state index in [9.17, 15) is 5.11 Å². The highest BCUT2D eigenvalue weighted by Gasteiger charge is 2.34. The first-order valence-corrected chi connectivity index (χ1v) is 6.21. The van der Waals surface area contributed by atoms with Crippen molar-refractivity contribution in [2.75, 3.05) is 0 Å². The molecule has 0 saturated carbocycles. The van der Waals surface area contributed by atoms with Gasteiger partial charge >= 0.3 is 0 Å². The largest absolute Gasteiger partial charge is 0.393 e. The molecule has 15 heavy (non-hydrogen) atoms. The van der Waals surface area contributed by atoms with Gasteiger partial charge in [-0.25, -0.2) is 0 Å². The first-order chi connectivity index (χ1) is 6.85. The quantitative estimate of drug-likeness (QED) is 0.700. The second-order valence-corrected chi connectivity index (χ2v) is 5.84. The van der Waals surface area contributed by atoms with E-state index in [1.807, 2.05) is 6.92 Å².